The van der Waals surface area contributed by atoms with Crippen LogP contribution in [-0.4, -0.2) is 5.91 Å². The Hall–Kier alpha value is -1.81. The Morgan fingerprint density at radius 2 is 2.05 bits per heavy atom. The predicted octanol–water partition coefficient (Wildman–Crippen LogP) is 3.52. The van der Waals surface area contributed by atoms with Crippen LogP contribution in [0.25, 0.3) is 0 Å². The summed E-state index contributed by atoms with van der Waals surface area (Å²) < 4.78 is 0.974. The Kier molecular flexibility index (Phi) is 4.22. The molecule has 2 rings (SSSR count). The van der Waals surface area contributed by atoms with Gasteiger partial charge in [-0.25, -0.2) is 0 Å². The van der Waals surface area contributed by atoms with Crippen LogP contribution in [-0.2, 0) is 11.2 Å². The van der Waals surface area contributed by atoms with Gasteiger partial charge in [-0.1, -0.05) is 28.1 Å². The summed E-state index contributed by atoms with van der Waals surface area (Å²) >= 11 is 3.39. The molecule has 0 fully saturated rings. The van der Waals surface area contributed by atoms with Gasteiger partial charge in [0.25, 0.3) is 0 Å². The maximum Gasteiger partial charge on any atom is 0.228 e. The van der Waals surface area contributed by atoms with E-state index in [9.17, 15) is 4.79 Å². The van der Waals surface area contributed by atoms with Crippen LogP contribution < -0.4 is 11.1 Å². The molecule has 3 nitrogen and oxygen atoms in total. The normalized spacial score (nSPS) is 10.2. The first kappa shape index (κ1) is 13.6. The summed E-state index contributed by atoms with van der Waals surface area (Å²) in [6.45, 7) is 1.92. The minimum Gasteiger partial charge on any atom is -0.399 e. The van der Waals surface area contributed by atoms with E-state index in [0.717, 1.165) is 21.3 Å². The highest BCUT2D eigenvalue weighted by Gasteiger charge is 2.06. The van der Waals surface area contributed by atoms with E-state index in [4.69, 9.17) is 5.73 Å². The molecule has 4 heteroatoms. The molecule has 3 N–H and O–H groups in total. The quantitative estimate of drug-likeness (QED) is 0.851. The summed E-state index contributed by atoms with van der Waals surface area (Å²) in [5, 5.41) is 2.90. The highest BCUT2D eigenvalue weighted by atomic mass is 79.9. The van der Waals surface area contributed by atoms with E-state index in [1.807, 2.05) is 43.3 Å². The molecular formula is C15H15BrN2O. The third-order valence-electron chi connectivity index (χ3n) is 2.78. The van der Waals surface area contributed by atoms with Gasteiger partial charge in [0, 0.05) is 15.8 Å². The number of nitrogens with one attached hydrogen (secondary N) is 1. The number of carbonyl (C=O) groups excluding carboxylic acids is 1. The highest BCUT2D eigenvalue weighted by molar-refractivity contribution is 9.10. The first-order valence-electron chi connectivity index (χ1n) is 5.95. The number of carbonyl (C=O) groups is 1. The van der Waals surface area contributed by atoms with E-state index in [0.29, 0.717) is 12.1 Å². The van der Waals surface area contributed by atoms with Crippen LogP contribution in [0.3, 0.4) is 0 Å². The Balaban J connectivity index is 2.05. The highest BCUT2D eigenvalue weighted by Crippen LogP contribution is 2.18. The number of hydrogen-bond acceptors (Lipinski definition) is 2. The number of aryl methyl sites for hydroxylation is 1. The number of hydrogen-bond donors (Lipinski definition) is 2. The average Bonchev–Trinajstić information content (AvgIpc) is 2.33. The summed E-state index contributed by atoms with van der Waals surface area (Å²) in [6.07, 6.45) is 0.350. The van der Waals surface area contributed by atoms with Crippen LogP contribution in [0.15, 0.2) is 46.9 Å². The average molecular weight is 319 g/mol. The Morgan fingerprint density at radius 1 is 1.26 bits per heavy atom. The second kappa shape index (κ2) is 5.89. The van der Waals surface area contributed by atoms with Gasteiger partial charge >= 0.3 is 0 Å². The number of rotatable bonds is 3. The van der Waals surface area contributed by atoms with E-state index in [2.05, 4.69) is 21.2 Å². The van der Waals surface area contributed by atoms with Gasteiger partial charge in [-0.05, 0) is 48.4 Å². The van der Waals surface area contributed by atoms with Gasteiger partial charge < -0.3 is 11.1 Å². The molecule has 0 aromatic heterocycles. The number of halogens is 1. The molecule has 0 aliphatic carbocycles. The summed E-state index contributed by atoms with van der Waals surface area (Å²) in [7, 11) is 0. The van der Waals surface area contributed by atoms with E-state index < -0.39 is 0 Å². The van der Waals surface area contributed by atoms with Crippen molar-refractivity contribution in [1.29, 1.82) is 0 Å². The number of anilines is 2. The monoisotopic (exact) mass is 318 g/mol. The molecule has 98 valence electrons. The molecule has 0 atom stereocenters. The number of benzene rings is 2. The van der Waals surface area contributed by atoms with Crippen molar-refractivity contribution in [1.82, 2.24) is 0 Å². The molecule has 0 radical (unpaired) electrons. The fourth-order valence-electron chi connectivity index (χ4n) is 1.85. The number of amides is 1. The fourth-order valence-corrected chi connectivity index (χ4v) is 2.30. The molecule has 0 bridgehead atoms. The lowest BCUT2D eigenvalue weighted by atomic mass is 10.1. The van der Waals surface area contributed by atoms with Crippen LogP contribution in [0.2, 0.25) is 0 Å². The molecule has 19 heavy (non-hydrogen) atoms. The molecule has 0 aliphatic heterocycles. The minimum atomic E-state index is -0.0361. The maximum absolute atomic E-state index is 12.0. The SMILES string of the molecule is Cc1cc(N)ccc1NC(=O)Cc1cccc(Br)c1. The molecular weight excluding hydrogens is 304 g/mol. The zero-order valence-corrected chi connectivity index (χ0v) is 12.2. The van der Waals surface area contributed by atoms with Crippen molar-refractivity contribution in [2.75, 3.05) is 11.1 Å². The van der Waals surface area contributed by atoms with Crippen molar-refractivity contribution in [2.45, 2.75) is 13.3 Å². The molecule has 0 saturated heterocycles. The largest absolute Gasteiger partial charge is 0.399 e. The first-order chi connectivity index (χ1) is 9.04. The van der Waals surface area contributed by atoms with Gasteiger partial charge in [-0.3, -0.25) is 4.79 Å². The van der Waals surface area contributed by atoms with Crippen molar-refractivity contribution < 1.29 is 4.79 Å². The van der Waals surface area contributed by atoms with Crippen molar-refractivity contribution in [2.24, 2.45) is 0 Å². The van der Waals surface area contributed by atoms with Gasteiger partial charge in [0.15, 0.2) is 0 Å². The second-order valence-electron chi connectivity index (χ2n) is 4.43. The minimum absolute atomic E-state index is 0.0361. The zero-order chi connectivity index (χ0) is 13.8. The van der Waals surface area contributed by atoms with E-state index in [1.54, 1.807) is 6.07 Å². The zero-order valence-electron chi connectivity index (χ0n) is 10.6. The number of nitrogen functional groups attached to an aromatic ring is 1. The molecule has 0 spiro atoms. The standard InChI is InChI=1S/C15H15BrN2O/c1-10-7-13(17)5-6-14(10)18-15(19)9-11-3-2-4-12(16)8-11/h2-8H,9,17H2,1H3,(H,18,19). The van der Waals surface area contributed by atoms with Crippen LogP contribution >= 0.6 is 15.9 Å². The Labute approximate surface area is 121 Å². The van der Waals surface area contributed by atoms with Crippen molar-refractivity contribution in [3.8, 4) is 0 Å². The smallest absolute Gasteiger partial charge is 0.228 e. The van der Waals surface area contributed by atoms with Gasteiger partial charge in [-0.15, -0.1) is 0 Å². The Bertz CT molecular complexity index is 611. The lowest BCUT2D eigenvalue weighted by Gasteiger charge is -2.09. The van der Waals surface area contributed by atoms with E-state index >= 15 is 0 Å². The third kappa shape index (κ3) is 3.83. The molecule has 2 aromatic rings. The summed E-state index contributed by atoms with van der Waals surface area (Å²) in [4.78, 5) is 12.0. The fraction of sp³-hybridized carbons (Fsp3) is 0.133. The maximum atomic E-state index is 12.0. The summed E-state index contributed by atoms with van der Waals surface area (Å²) in [6, 6.07) is 13.2. The molecule has 0 saturated carbocycles. The molecule has 1 amide bonds. The molecule has 0 aliphatic rings. The Morgan fingerprint density at radius 3 is 2.74 bits per heavy atom. The van der Waals surface area contributed by atoms with Crippen molar-refractivity contribution in [3.05, 3.63) is 58.1 Å². The first-order valence-corrected chi connectivity index (χ1v) is 6.74. The molecule has 2 aromatic carbocycles. The van der Waals surface area contributed by atoms with E-state index in [1.165, 1.54) is 0 Å². The van der Waals surface area contributed by atoms with Crippen LogP contribution in [0.5, 0.6) is 0 Å². The van der Waals surface area contributed by atoms with Crippen molar-refractivity contribution in [3.63, 3.8) is 0 Å². The summed E-state index contributed by atoms with van der Waals surface area (Å²) in [5.74, 6) is -0.0361. The van der Waals surface area contributed by atoms with Gasteiger partial charge in [0.1, 0.15) is 0 Å². The molecule has 0 heterocycles. The lowest BCUT2D eigenvalue weighted by Crippen LogP contribution is -2.15. The molecule has 0 unspecified atom stereocenters. The number of nitrogens with two attached hydrogens (primary N) is 1. The van der Waals surface area contributed by atoms with Gasteiger partial charge in [0.05, 0.1) is 6.42 Å². The lowest BCUT2D eigenvalue weighted by molar-refractivity contribution is -0.115. The van der Waals surface area contributed by atoms with Gasteiger partial charge in [0.2, 0.25) is 5.91 Å². The second-order valence-corrected chi connectivity index (χ2v) is 5.34. The predicted molar refractivity (Wildman–Crippen MR) is 82.1 cm³/mol. The van der Waals surface area contributed by atoms with Crippen LogP contribution in [0, 0.1) is 6.92 Å². The summed E-state index contributed by atoms with van der Waals surface area (Å²) in [5.41, 5.74) is 9.11. The van der Waals surface area contributed by atoms with E-state index in [-0.39, 0.29) is 5.91 Å². The van der Waals surface area contributed by atoms with Crippen molar-refractivity contribution >= 4 is 33.2 Å². The topological polar surface area (TPSA) is 55.1 Å². The van der Waals surface area contributed by atoms with Gasteiger partial charge in [-0.2, -0.15) is 0 Å². The third-order valence-corrected chi connectivity index (χ3v) is 3.27. The van der Waals surface area contributed by atoms with Crippen LogP contribution in [0.1, 0.15) is 11.1 Å². The van der Waals surface area contributed by atoms with Crippen LogP contribution in [0.4, 0.5) is 11.4 Å².